The van der Waals surface area contributed by atoms with Crippen LogP contribution in [0.15, 0.2) is 0 Å². The maximum atomic E-state index is 11.7. The molecule has 2 fully saturated rings. The van der Waals surface area contributed by atoms with E-state index < -0.39 is 0 Å². The number of rotatable bonds is 3. The molecule has 0 aromatic rings. The molecular weight excluding hydrogens is 224 g/mol. The molecule has 2 aliphatic heterocycles. The number of carbonyl (C=O) groups excluding carboxylic acids is 1. The fraction of sp³-hybridized carbons (Fsp3) is 0.917. The molecule has 0 saturated carbocycles. The van der Waals surface area contributed by atoms with Crippen LogP contribution in [0.1, 0.15) is 46.0 Å². The van der Waals surface area contributed by atoms with Gasteiger partial charge in [-0.2, -0.15) is 0 Å². The first-order chi connectivity index (χ1) is 7.19. The molecule has 3 atom stereocenters. The lowest BCUT2D eigenvalue weighted by atomic mass is 9.98. The van der Waals surface area contributed by atoms with Crippen LogP contribution in [-0.4, -0.2) is 24.0 Å². The van der Waals surface area contributed by atoms with Crippen molar-refractivity contribution in [2.45, 2.75) is 64.1 Å². The fourth-order valence-electron chi connectivity index (χ4n) is 2.70. The highest BCUT2D eigenvalue weighted by Crippen LogP contribution is 2.26. The Hall–Kier alpha value is -0.280. The molecule has 0 aromatic carbocycles. The van der Waals surface area contributed by atoms with Gasteiger partial charge in [-0.1, -0.05) is 13.8 Å². The maximum absolute atomic E-state index is 11.7. The monoisotopic (exact) mass is 246 g/mol. The number of halogens is 1. The molecule has 2 bridgehead atoms. The summed E-state index contributed by atoms with van der Waals surface area (Å²) in [6.45, 7) is 4.07. The normalized spacial score (nSPS) is 34.0. The van der Waals surface area contributed by atoms with Gasteiger partial charge in [0.15, 0.2) is 0 Å². The topological polar surface area (TPSA) is 41.1 Å². The second-order valence-corrected chi connectivity index (χ2v) is 5.12. The van der Waals surface area contributed by atoms with Gasteiger partial charge in [0, 0.05) is 24.0 Å². The number of hydrogen-bond donors (Lipinski definition) is 2. The molecule has 16 heavy (non-hydrogen) atoms. The molecule has 0 spiro atoms. The SMILES string of the molecule is CCC(C)C(=O)NC1CC2CCC(C1)N2.Cl. The number of fused-ring (bicyclic) bond motifs is 2. The van der Waals surface area contributed by atoms with Gasteiger partial charge < -0.3 is 10.6 Å². The van der Waals surface area contributed by atoms with Crippen molar-refractivity contribution in [3.8, 4) is 0 Å². The van der Waals surface area contributed by atoms with E-state index in [-0.39, 0.29) is 24.2 Å². The lowest BCUT2D eigenvalue weighted by Gasteiger charge is -2.30. The summed E-state index contributed by atoms with van der Waals surface area (Å²) >= 11 is 0. The van der Waals surface area contributed by atoms with Crippen LogP contribution in [0.5, 0.6) is 0 Å². The summed E-state index contributed by atoms with van der Waals surface area (Å²) in [7, 11) is 0. The second kappa shape index (κ2) is 5.87. The Morgan fingerprint density at radius 3 is 2.44 bits per heavy atom. The van der Waals surface area contributed by atoms with E-state index in [1.54, 1.807) is 0 Å². The Balaban J connectivity index is 0.00000128. The summed E-state index contributed by atoms with van der Waals surface area (Å²) in [5, 5.41) is 6.78. The van der Waals surface area contributed by atoms with Crippen LogP contribution in [0.25, 0.3) is 0 Å². The molecule has 2 heterocycles. The van der Waals surface area contributed by atoms with Gasteiger partial charge in [-0.15, -0.1) is 12.4 Å². The zero-order chi connectivity index (χ0) is 10.8. The highest BCUT2D eigenvalue weighted by Gasteiger charge is 2.34. The van der Waals surface area contributed by atoms with Crippen molar-refractivity contribution in [1.82, 2.24) is 10.6 Å². The van der Waals surface area contributed by atoms with Crippen LogP contribution in [-0.2, 0) is 4.79 Å². The molecule has 3 unspecified atom stereocenters. The van der Waals surface area contributed by atoms with E-state index >= 15 is 0 Å². The molecule has 1 amide bonds. The number of amides is 1. The predicted octanol–water partition coefficient (Wildman–Crippen LogP) is 1.85. The molecule has 94 valence electrons. The first-order valence-corrected chi connectivity index (χ1v) is 6.25. The van der Waals surface area contributed by atoms with Gasteiger partial charge in [0.1, 0.15) is 0 Å². The Labute approximate surface area is 104 Å². The summed E-state index contributed by atoms with van der Waals surface area (Å²) in [5.74, 6) is 0.404. The first-order valence-electron chi connectivity index (χ1n) is 6.25. The van der Waals surface area contributed by atoms with Gasteiger partial charge >= 0.3 is 0 Å². The molecule has 2 aliphatic rings. The van der Waals surface area contributed by atoms with Crippen molar-refractivity contribution in [2.24, 2.45) is 5.92 Å². The second-order valence-electron chi connectivity index (χ2n) is 5.12. The van der Waals surface area contributed by atoms with E-state index in [0.29, 0.717) is 18.1 Å². The van der Waals surface area contributed by atoms with E-state index in [9.17, 15) is 4.79 Å². The van der Waals surface area contributed by atoms with E-state index in [1.807, 2.05) is 6.92 Å². The zero-order valence-corrected chi connectivity index (χ0v) is 11.0. The minimum absolute atomic E-state index is 0. The molecule has 0 aromatic heterocycles. The van der Waals surface area contributed by atoms with Crippen molar-refractivity contribution < 1.29 is 4.79 Å². The minimum Gasteiger partial charge on any atom is -0.353 e. The van der Waals surface area contributed by atoms with E-state index in [4.69, 9.17) is 0 Å². The standard InChI is InChI=1S/C12H22N2O.ClH/c1-3-8(2)12(15)14-11-6-9-4-5-10(7-11)13-9;/h8-11,13H,3-7H2,1-2H3,(H,14,15);1H. The molecule has 2 N–H and O–H groups in total. The number of carbonyl (C=O) groups is 1. The zero-order valence-electron chi connectivity index (χ0n) is 10.2. The van der Waals surface area contributed by atoms with Gasteiger partial charge in [0.25, 0.3) is 0 Å². The smallest absolute Gasteiger partial charge is 0.223 e. The third kappa shape index (κ3) is 3.11. The number of nitrogens with one attached hydrogen (secondary N) is 2. The molecular formula is C12H23ClN2O. The van der Waals surface area contributed by atoms with Crippen LogP contribution in [0.2, 0.25) is 0 Å². The first kappa shape index (κ1) is 13.8. The summed E-state index contributed by atoms with van der Waals surface area (Å²) in [6, 6.07) is 1.74. The molecule has 4 heteroatoms. The average Bonchev–Trinajstić information content (AvgIpc) is 2.57. The summed E-state index contributed by atoms with van der Waals surface area (Å²) < 4.78 is 0. The van der Waals surface area contributed by atoms with Gasteiger partial charge in [0.2, 0.25) is 5.91 Å². The van der Waals surface area contributed by atoms with Crippen LogP contribution in [0.4, 0.5) is 0 Å². The Morgan fingerprint density at radius 2 is 1.94 bits per heavy atom. The lowest BCUT2D eigenvalue weighted by molar-refractivity contribution is -0.125. The molecule has 0 radical (unpaired) electrons. The summed E-state index contributed by atoms with van der Waals surface area (Å²) in [5.41, 5.74) is 0. The minimum atomic E-state index is 0. The number of hydrogen-bond acceptors (Lipinski definition) is 2. The average molecular weight is 247 g/mol. The Kier molecular flexibility index (Phi) is 5.06. The number of piperidine rings is 1. The highest BCUT2D eigenvalue weighted by molar-refractivity contribution is 5.85. The predicted molar refractivity (Wildman–Crippen MR) is 67.8 cm³/mol. The van der Waals surface area contributed by atoms with Crippen LogP contribution in [0, 0.1) is 5.92 Å². The Morgan fingerprint density at radius 1 is 1.38 bits per heavy atom. The van der Waals surface area contributed by atoms with Gasteiger partial charge in [-0.3, -0.25) is 4.79 Å². The molecule has 2 rings (SSSR count). The third-order valence-corrected chi connectivity index (χ3v) is 3.88. The molecule has 0 aliphatic carbocycles. The van der Waals surface area contributed by atoms with E-state index in [0.717, 1.165) is 19.3 Å². The quantitative estimate of drug-likeness (QED) is 0.798. The van der Waals surface area contributed by atoms with Crippen LogP contribution < -0.4 is 10.6 Å². The van der Waals surface area contributed by atoms with Crippen molar-refractivity contribution in [2.75, 3.05) is 0 Å². The molecule has 3 nitrogen and oxygen atoms in total. The Bertz CT molecular complexity index is 235. The van der Waals surface area contributed by atoms with Crippen LogP contribution >= 0.6 is 12.4 Å². The van der Waals surface area contributed by atoms with Gasteiger partial charge in [-0.05, 0) is 32.1 Å². The lowest BCUT2D eigenvalue weighted by Crippen LogP contribution is -2.49. The largest absolute Gasteiger partial charge is 0.353 e. The third-order valence-electron chi connectivity index (χ3n) is 3.88. The van der Waals surface area contributed by atoms with E-state index in [2.05, 4.69) is 17.6 Å². The van der Waals surface area contributed by atoms with Crippen molar-refractivity contribution in [1.29, 1.82) is 0 Å². The van der Waals surface area contributed by atoms with Crippen molar-refractivity contribution >= 4 is 18.3 Å². The van der Waals surface area contributed by atoms with Gasteiger partial charge in [0.05, 0.1) is 0 Å². The van der Waals surface area contributed by atoms with Gasteiger partial charge in [-0.25, -0.2) is 0 Å². The van der Waals surface area contributed by atoms with Crippen molar-refractivity contribution in [3.05, 3.63) is 0 Å². The van der Waals surface area contributed by atoms with E-state index in [1.165, 1.54) is 12.8 Å². The fourth-order valence-corrected chi connectivity index (χ4v) is 2.70. The van der Waals surface area contributed by atoms with Crippen LogP contribution in [0.3, 0.4) is 0 Å². The summed E-state index contributed by atoms with van der Waals surface area (Å²) in [4.78, 5) is 11.7. The summed E-state index contributed by atoms with van der Waals surface area (Å²) in [6.07, 6.45) is 5.77. The maximum Gasteiger partial charge on any atom is 0.223 e. The van der Waals surface area contributed by atoms with Crippen molar-refractivity contribution in [3.63, 3.8) is 0 Å². The molecule has 2 saturated heterocycles. The highest BCUT2D eigenvalue weighted by atomic mass is 35.5.